The van der Waals surface area contributed by atoms with Crippen molar-refractivity contribution < 1.29 is 19.1 Å². The van der Waals surface area contributed by atoms with Gasteiger partial charge in [0.25, 0.3) is 5.56 Å². The number of methoxy groups -OCH3 is 1. The molecule has 1 amide bonds. The molecule has 2 aromatic carbocycles. The molecule has 1 aromatic heterocycles. The van der Waals surface area contributed by atoms with Crippen molar-refractivity contribution in [1.29, 1.82) is 0 Å². The molecule has 0 radical (unpaired) electrons. The number of likely N-dealkylation sites (tertiary alicyclic amines) is 1. The highest BCUT2D eigenvalue weighted by Gasteiger charge is 2.43. The number of fused-ring (bicyclic) bond motifs is 2. The van der Waals surface area contributed by atoms with Crippen molar-refractivity contribution in [3.05, 3.63) is 64.1 Å². The van der Waals surface area contributed by atoms with Gasteiger partial charge < -0.3 is 19.4 Å². The number of aromatic amines is 1. The van der Waals surface area contributed by atoms with Gasteiger partial charge in [-0.05, 0) is 30.3 Å². The van der Waals surface area contributed by atoms with Gasteiger partial charge in [0.05, 0.1) is 30.1 Å². The molecule has 3 aromatic rings. The predicted molar refractivity (Wildman–Crippen MR) is 122 cm³/mol. The van der Waals surface area contributed by atoms with E-state index in [2.05, 4.69) is 9.97 Å². The van der Waals surface area contributed by atoms with Gasteiger partial charge in [0, 0.05) is 38.8 Å². The van der Waals surface area contributed by atoms with Crippen molar-refractivity contribution in [3.63, 3.8) is 0 Å². The van der Waals surface area contributed by atoms with E-state index in [-0.39, 0.29) is 30.1 Å². The van der Waals surface area contributed by atoms with Gasteiger partial charge in [-0.15, -0.1) is 0 Å². The zero-order valence-corrected chi connectivity index (χ0v) is 18.4. The van der Waals surface area contributed by atoms with Crippen LogP contribution in [0.2, 0.25) is 0 Å². The van der Waals surface area contributed by atoms with Gasteiger partial charge in [-0.2, -0.15) is 0 Å². The molecular weight excluding hydrogens is 422 g/mol. The highest BCUT2D eigenvalue weighted by molar-refractivity contribution is 6.00. The van der Waals surface area contributed by atoms with E-state index in [1.807, 2.05) is 18.2 Å². The first-order chi connectivity index (χ1) is 16.0. The molecule has 0 aliphatic carbocycles. The van der Waals surface area contributed by atoms with Crippen LogP contribution in [-0.4, -0.2) is 52.4 Å². The smallest absolute Gasteiger partial charge is 0.270 e. The Kier molecular flexibility index (Phi) is 5.36. The Balaban J connectivity index is 1.21. The molecule has 33 heavy (non-hydrogen) atoms. The fraction of sp³-hybridized carbons (Fsp3) is 0.360. The maximum absolute atomic E-state index is 12.8. The number of benzene rings is 2. The van der Waals surface area contributed by atoms with Gasteiger partial charge in [-0.1, -0.05) is 12.1 Å². The van der Waals surface area contributed by atoms with Crippen LogP contribution in [0, 0.1) is 0 Å². The Hall–Kier alpha value is -3.68. The molecule has 2 aliphatic heterocycles. The van der Waals surface area contributed by atoms with Crippen molar-refractivity contribution in [2.45, 2.75) is 37.7 Å². The third-order valence-corrected chi connectivity index (χ3v) is 6.57. The van der Waals surface area contributed by atoms with Crippen molar-refractivity contribution in [3.8, 4) is 11.5 Å². The molecule has 0 bridgehead atoms. The monoisotopic (exact) mass is 447 g/mol. The number of carbonyl (C=O) groups is 2. The number of hydrogen-bond donors (Lipinski definition) is 1. The average molecular weight is 447 g/mol. The number of piperidine rings is 1. The number of aryl methyl sites for hydroxylation is 1. The summed E-state index contributed by atoms with van der Waals surface area (Å²) in [6.45, 7) is 1.03. The molecule has 1 N–H and O–H groups in total. The van der Waals surface area contributed by atoms with Crippen LogP contribution < -0.4 is 15.0 Å². The quantitative estimate of drug-likeness (QED) is 0.660. The fourth-order valence-corrected chi connectivity index (χ4v) is 4.66. The van der Waals surface area contributed by atoms with E-state index >= 15 is 0 Å². The third-order valence-electron chi connectivity index (χ3n) is 6.57. The molecule has 1 spiro atoms. The van der Waals surface area contributed by atoms with Crippen molar-refractivity contribution in [2.24, 2.45) is 0 Å². The van der Waals surface area contributed by atoms with Crippen molar-refractivity contribution in [1.82, 2.24) is 14.9 Å². The second-order valence-corrected chi connectivity index (χ2v) is 8.66. The molecule has 8 nitrogen and oxygen atoms in total. The Labute approximate surface area is 190 Å². The van der Waals surface area contributed by atoms with Crippen LogP contribution in [0.1, 0.15) is 41.7 Å². The molecule has 2 aliphatic rings. The summed E-state index contributed by atoms with van der Waals surface area (Å²) in [5.41, 5.74) is 1.46. The van der Waals surface area contributed by atoms with Crippen LogP contribution in [0.3, 0.4) is 0 Å². The summed E-state index contributed by atoms with van der Waals surface area (Å²) in [6.07, 6.45) is 1.97. The normalized spacial score (nSPS) is 17.0. The first-order valence-corrected chi connectivity index (χ1v) is 11.1. The largest absolute Gasteiger partial charge is 0.497 e. The number of aromatic nitrogens is 2. The van der Waals surface area contributed by atoms with Gasteiger partial charge in [0.2, 0.25) is 5.91 Å². The first kappa shape index (κ1) is 21.2. The maximum Gasteiger partial charge on any atom is 0.270 e. The second kappa shape index (κ2) is 8.35. The lowest BCUT2D eigenvalue weighted by Gasteiger charge is -2.44. The van der Waals surface area contributed by atoms with Gasteiger partial charge in [0.15, 0.2) is 5.78 Å². The predicted octanol–water partition coefficient (Wildman–Crippen LogP) is 2.89. The molecule has 8 heteroatoms. The molecule has 170 valence electrons. The minimum absolute atomic E-state index is 0.0218. The number of nitrogens with one attached hydrogen (secondary N) is 1. The Morgan fingerprint density at radius 1 is 1.18 bits per heavy atom. The second-order valence-electron chi connectivity index (χ2n) is 8.66. The SMILES string of the molecule is COc1ccc2c(c1)C(=O)CC1(CCN(C(=O)CCc3nc4ccccc4[nH]c3=O)CC1)O2. The van der Waals surface area contributed by atoms with Gasteiger partial charge >= 0.3 is 0 Å². The number of Topliss-reactive ketones (excluding diaryl/α,β-unsaturated/α-hetero) is 1. The fourth-order valence-electron chi connectivity index (χ4n) is 4.66. The number of amides is 1. The number of ether oxygens (including phenoxy) is 2. The highest BCUT2D eigenvalue weighted by Crippen LogP contribution is 2.40. The molecule has 0 saturated carbocycles. The number of H-pyrrole nitrogens is 1. The van der Waals surface area contributed by atoms with E-state index in [0.717, 1.165) is 0 Å². The van der Waals surface area contributed by atoms with E-state index in [1.165, 1.54) is 0 Å². The van der Waals surface area contributed by atoms with Gasteiger partial charge in [0.1, 0.15) is 22.8 Å². The molecular formula is C25H25N3O5. The molecule has 3 heterocycles. The lowest BCUT2D eigenvalue weighted by Crippen LogP contribution is -2.52. The third kappa shape index (κ3) is 4.08. The average Bonchev–Trinajstić information content (AvgIpc) is 2.83. The Morgan fingerprint density at radius 3 is 2.76 bits per heavy atom. The number of nitrogens with zero attached hydrogens (tertiary/aromatic N) is 2. The summed E-state index contributed by atoms with van der Waals surface area (Å²) in [5, 5.41) is 0. The topological polar surface area (TPSA) is 102 Å². The Bertz CT molecular complexity index is 1290. The summed E-state index contributed by atoms with van der Waals surface area (Å²) in [4.78, 5) is 46.9. The van der Waals surface area contributed by atoms with Crippen LogP contribution in [-0.2, 0) is 11.2 Å². The summed E-state index contributed by atoms with van der Waals surface area (Å²) >= 11 is 0. The first-order valence-electron chi connectivity index (χ1n) is 11.1. The number of rotatable bonds is 4. The molecule has 0 atom stereocenters. The minimum Gasteiger partial charge on any atom is -0.497 e. The molecule has 1 fully saturated rings. The minimum atomic E-state index is -0.577. The maximum atomic E-state index is 12.8. The van der Waals surface area contributed by atoms with E-state index in [9.17, 15) is 14.4 Å². The van der Waals surface area contributed by atoms with Gasteiger partial charge in [-0.25, -0.2) is 4.98 Å². The lowest BCUT2D eigenvalue weighted by molar-refractivity contribution is -0.134. The number of ketones is 1. The molecule has 0 unspecified atom stereocenters. The summed E-state index contributed by atoms with van der Waals surface area (Å²) in [5.74, 6) is 1.22. The van der Waals surface area contributed by atoms with E-state index < -0.39 is 5.60 Å². The number of para-hydroxylation sites is 2. The summed E-state index contributed by atoms with van der Waals surface area (Å²) in [7, 11) is 1.57. The van der Waals surface area contributed by atoms with Gasteiger partial charge in [-0.3, -0.25) is 14.4 Å². The van der Waals surface area contributed by atoms with Crippen molar-refractivity contribution in [2.75, 3.05) is 20.2 Å². The number of carbonyl (C=O) groups excluding carboxylic acids is 2. The summed E-state index contributed by atoms with van der Waals surface area (Å²) < 4.78 is 11.5. The van der Waals surface area contributed by atoms with Crippen molar-refractivity contribution >= 4 is 22.7 Å². The van der Waals surface area contributed by atoms with E-state index in [1.54, 1.807) is 36.3 Å². The van der Waals surface area contributed by atoms with E-state index in [4.69, 9.17) is 9.47 Å². The highest BCUT2D eigenvalue weighted by atomic mass is 16.5. The lowest BCUT2D eigenvalue weighted by atomic mass is 9.82. The zero-order valence-electron chi connectivity index (χ0n) is 18.4. The Morgan fingerprint density at radius 2 is 1.97 bits per heavy atom. The number of hydrogen-bond acceptors (Lipinski definition) is 6. The zero-order chi connectivity index (χ0) is 23.0. The standard InChI is InChI=1S/C25H25N3O5/c1-32-16-6-8-22-17(14-16)21(29)15-25(33-22)10-12-28(13-11-25)23(30)9-7-20-24(31)27-19-5-3-2-4-18(19)26-20/h2-6,8,14H,7,9-13,15H2,1H3,(H,27,31). The molecule has 1 saturated heterocycles. The van der Waals surface area contributed by atoms with Crippen LogP contribution >= 0.6 is 0 Å². The van der Waals surface area contributed by atoms with E-state index in [0.29, 0.717) is 66.1 Å². The van der Waals surface area contributed by atoms with Crippen LogP contribution in [0.5, 0.6) is 11.5 Å². The van der Waals surface area contributed by atoms with Crippen LogP contribution in [0.25, 0.3) is 11.0 Å². The van der Waals surface area contributed by atoms with Crippen LogP contribution in [0.4, 0.5) is 0 Å². The molecule has 5 rings (SSSR count). The van der Waals surface area contributed by atoms with Crippen LogP contribution in [0.15, 0.2) is 47.3 Å². The summed E-state index contributed by atoms with van der Waals surface area (Å²) in [6, 6.07) is 12.6.